The van der Waals surface area contributed by atoms with E-state index in [0.717, 1.165) is 18.4 Å². The highest BCUT2D eigenvalue weighted by atomic mass is 79.9. The van der Waals surface area contributed by atoms with Crippen molar-refractivity contribution in [3.05, 3.63) is 27.4 Å². The molecule has 0 aliphatic rings. The minimum Gasteiger partial charge on any atom is -0.323 e. The molecular formula is C10H10BrClFNO3S. The second-order valence-corrected chi connectivity index (χ2v) is 7.33. The lowest BCUT2D eigenvalue weighted by Gasteiger charge is -2.13. The Morgan fingerprint density at radius 1 is 1.50 bits per heavy atom. The molecule has 0 heterocycles. The maximum Gasteiger partial charge on any atom is 0.242 e. The summed E-state index contributed by atoms with van der Waals surface area (Å²) < 4.78 is 35.7. The topological polar surface area (TPSA) is 63.2 Å². The summed E-state index contributed by atoms with van der Waals surface area (Å²) in [6, 6.07) is 2.14. The molecule has 0 saturated heterocycles. The van der Waals surface area contributed by atoms with Crippen molar-refractivity contribution in [1.82, 2.24) is 0 Å². The Kier molecular flexibility index (Phi) is 4.74. The number of carbonyl (C=O) groups is 1. The average Bonchev–Trinajstić information content (AvgIpc) is 2.20. The van der Waals surface area contributed by atoms with Crippen LogP contribution in [0.25, 0.3) is 0 Å². The number of hydrogen-bond donors (Lipinski definition) is 1. The first kappa shape index (κ1) is 15.4. The van der Waals surface area contributed by atoms with Crippen LogP contribution in [-0.2, 0) is 14.6 Å². The summed E-state index contributed by atoms with van der Waals surface area (Å²) in [6.07, 6.45) is 0.957. The highest BCUT2D eigenvalue weighted by Gasteiger charge is 2.24. The van der Waals surface area contributed by atoms with Gasteiger partial charge in [-0.2, -0.15) is 0 Å². The van der Waals surface area contributed by atoms with Crippen molar-refractivity contribution in [2.24, 2.45) is 0 Å². The first-order valence-corrected chi connectivity index (χ1v) is 7.89. The third-order valence-electron chi connectivity index (χ3n) is 2.27. The molecule has 1 unspecified atom stereocenters. The summed E-state index contributed by atoms with van der Waals surface area (Å²) in [4.78, 5) is 11.7. The number of carbonyl (C=O) groups excluding carboxylic acids is 1. The van der Waals surface area contributed by atoms with Gasteiger partial charge in [-0.05, 0) is 35.0 Å². The van der Waals surface area contributed by atoms with E-state index in [4.69, 9.17) is 11.6 Å². The Morgan fingerprint density at radius 3 is 2.50 bits per heavy atom. The van der Waals surface area contributed by atoms with Gasteiger partial charge in [-0.3, -0.25) is 4.79 Å². The molecule has 1 amide bonds. The van der Waals surface area contributed by atoms with E-state index in [1.165, 1.54) is 6.92 Å². The Bertz CT molecular complexity index is 568. The van der Waals surface area contributed by atoms with Crippen LogP contribution in [0.15, 0.2) is 16.6 Å². The van der Waals surface area contributed by atoms with Crippen LogP contribution in [0.3, 0.4) is 0 Å². The standard InChI is InChI=1S/C10H10BrClFNO3S/c1-5(18(2,16)17)10(15)14-9-7(11)3-6(13)4-8(9)12/h3-5H,1-2H3,(H,14,15). The summed E-state index contributed by atoms with van der Waals surface area (Å²) in [5, 5.41) is 1.11. The zero-order valence-electron chi connectivity index (χ0n) is 9.50. The number of benzene rings is 1. The summed E-state index contributed by atoms with van der Waals surface area (Å²) in [5.74, 6) is -1.30. The first-order chi connectivity index (χ1) is 8.12. The molecular weight excluding hydrogens is 349 g/mol. The predicted molar refractivity (Wildman–Crippen MR) is 72.0 cm³/mol. The molecule has 1 rings (SSSR count). The molecule has 0 aliphatic heterocycles. The van der Waals surface area contributed by atoms with Gasteiger partial charge in [0.15, 0.2) is 9.84 Å². The lowest BCUT2D eigenvalue weighted by atomic mass is 10.3. The predicted octanol–water partition coefficient (Wildman–Crippen LogP) is 2.61. The normalized spacial score (nSPS) is 13.2. The van der Waals surface area contributed by atoms with E-state index in [-0.39, 0.29) is 15.2 Å². The molecule has 0 bridgehead atoms. The molecule has 18 heavy (non-hydrogen) atoms. The molecule has 0 aromatic heterocycles. The van der Waals surface area contributed by atoms with E-state index in [2.05, 4.69) is 21.2 Å². The van der Waals surface area contributed by atoms with Crippen LogP contribution in [0, 0.1) is 5.82 Å². The number of sulfone groups is 1. The highest BCUT2D eigenvalue weighted by molar-refractivity contribution is 9.10. The van der Waals surface area contributed by atoms with Crippen LogP contribution >= 0.6 is 27.5 Å². The van der Waals surface area contributed by atoms with E-state index in [0.29, 0.717) is 0 Å². The second kappa shape index (κ2) is 5.54. The third kappa shape index (κ3) is 3.66. The number of anilines is 1. The summed E-state index contributed by atoms with van der Waals surface area (Å²) in [7, 11) is -3.50. The van der Waals surface area contributed by atoms with Crippen LogP contribution in [0.2, 0.25) is 5.02 Å². The second-order valence-electron chi connectivity index (χ2n) is 3.71. The van der Waals surface area contributed by atoms with Gasteiger partial charge in [0.25, 0.3) is 0 Å². The van der Waals surface area contributed by atoms with Crippen molar-refractivity contribution < 1.29 is 17.6 Å². The fourth-order valence-electron chi connectivity index (χ4n) is 1.08. The largest absolute Gasteiger partial charge is 0.323 e. The molecule has 0 aliphatic carbocycles. The Hall–Kier alpha value is -0.660. The molecule has 8 heteroatoms. The number of halogens is 3. The summed E-state index contributed by atoms with van der Waals surface area (Å²) in [5.41, 5.74) is 0.138. The summed E-state index contributed by atoms with van der Waals surface area (Å²) >= 11 is 8.80. The van der Waals surface area contributed by atoms with Gasteiger partial charge in [-0.25, -0.2) is 12.8 Å². The maximum atomic E-state index is 13.0. The fraction of sp³-hybridized carbons (Fsp3) is 0.300. The molecule has 0 radical (unpaired) electrons. The van der Waals surface area contributed by atoms with Gasteiger partial charge in [0.2, 0.25) is 5.91 Å². The molecule has 1 atom stereocenters. The molecule has 1 N–H and O–H groups in total. The Morgan fingerprint density at radius 2 is 2.06 bits per heavy atom. The van der Waals surface area contributed by atoms with Gasteiger partial charge >= 0.3 is 0 Å². The van der Waals surface area contributed by atoms with Crippen LogP contribution < -0.4 is 5.32 Å². The minimum atomic E-state index is -3.50. The van der Waals surface area contributed by atoms with Crippen molar-refractivity contribution >= 4 is 49.0 Å². The number of nitrogens with one attached hydrogen (secondary N) is 1. The lowest BCUT2D eigenvalue weighted by Crippen LogP contribution is -2.32. The zero-order valence-corrected chi connectivity index (χ0v) is 12.7. The van der Waals surface area contributed by atoms with E-state index in [9.17, 15) is 17.6 Å². The van der Waals surface area contributed by atoms with Gasteiger partial charge in [0.05, 0.1) is 10.7 Å². The van der Waals surface area contributed by atoms with Crippen molar-refractivity contribution in [2.75, 3.05) is 11.6 Å². The molecule has 1 aromatic rings. The third-order valence-corrected chi connectivity index (χ3v) is 4.69. The minimum absolute atomic E-state index is 0.0177. The van der Waals surface area contributed by atoms with Gasteiger partial charge in [-0.15, -0.1) is 0 Å². The number of rotatable bonds is 3. The van der Waals surface area contributed by atoms with Crippen molar-refractivity contribution in [3.63, 3.8) is 0 Å². The first-order valence-electron chi connectivity index (χ1n) is 4.77. The van der Waals surface area contributed by atoms with Gasteiger partial charge < -0.3 is 5.32 Å². The van der Waals surface area contributed by atoms with Gasteiger partial charge in [-0.1, -0.05) is 11.6 Å². The van der Waals surface area contributed by atoms with E-state index in [1.807, 2.05) is 0 Å². The van der Waals surface area contributed by atoms with Crippen LogP contribution in [0.1, 0.15) is 6.92 Å². The van der Waals surface area contributed by atoms with E-state index >= 15 is 0 Å². The zero-order chi connectivity index (χ0) is 14.1. The molecule has 0 fully saturated rings. The van der Waals surface area contributed by atoms with E-state index in [1.54, 1.807) is 0 Å². The lowest BCUT2D eigenvalue weighted by molar-refractivity contribution is -0.115. The fourth-order valence-corrected chi connectivity index (χ4v) is 2.43. The number of hydrogen-bond acceptors (Lipinski definition) is 3. The SMILES string of the molecule is CC(C(=O)Nc1c(Cl)cc(F)cc1Br)S(C)(=O)=O. The Balaban J connectivity index is 3.03. The molecule has 0 spiro atoms. The number of amides is 1. The average molecular weight is 359 g/mol. The van der Waals surface area contributed by atoms with Crippen LogP contribution in [0.4, 0.5) is 10.1 Å². The van der Waals surface area contributed by atoms with Crippen molar-refractivity contribution in [1.29, 1.82) is 0 Å². The van der Waals surface area contributed by atoms with Gasteiger partial charge in [0, 0.05) is 10.7 Å². The quantitative estimate of drug-likeness (QED) is 0.903. The highest BCUT2D eigenvalue weighted by Crippen LogP contribution is 2.31. The van der Waals surface area contributed by atoms with Gasteiger partial charge in [0.1, 0.15) is 11.1 Å². The molecule has 1 aromatic carbocycles. The monoisotopic (exact) mass is 357 g/mol. The molecule has 100 valence electrons. The maximum absolute atomic E-state index is 13.0. The molecule has 4 nitrogen and oxygen atoms in total. The summed E-state index contributed by atoms with van der Waals surface area (Å²) in [6.45, 7) is 1.26. The van der Waals surface area contributed by atoms with Crippen LogP contribution in [0.5, 0.6) is 0 Å². The smallest absolute Gasteiger partial charge is 0.242 e. The molecule has 0 saturated carbocycles. The van der Waals surface area contributed by atoms with Crippen molar-refractivity contribution in [2.45, 2.75) is 12.2 Å². The van der Waals surface area contributed by atoms with Crippen molar-refractivity contribution in [3.8, 4) is 0 Å². The van der Waals surface area contributed by atoms with Crippen LogP contribution in [-0.4, -0.2) is 25.8 Å². The Labute approximate surface area is 118 Å². The van der Waals surface area contributed by atoms with E-state index < -0.39 is 26.8 Å².